The van der Waals surface area contributed by atoms with Gasteiger partial charge >= 0.3 is 12.1 Å². The highest BCUT2D eigenvalue weighted by Crippen LogP contribution is 2.18. The monoisotopic (exact) mass is 251 g/mol. The molecule has 1 amide bonds. The van der Waals surface area contributed by atoms with Gasteiger partial charge in [-0.3, -0.25) is 0 Å². The summed E-state index contributed by atoms with van der Waals surface area (Å²) in [7, 11) is 0. The molecule has 0 fully saturated rings. The number of rotatable bonds is 2. The van der Waals surface area contributed by atoms with Crippen molar-refractivity contribution in [1.29, 1.82) is 0 Å². The smallest absolute Gasteiger partial charge is 0.374 e. The molecule has 5 nitrogen and oxygen atoms in total. The lowest BCUT2D eigenvalue weighted by Gasteiger charge is -2.03. The Morgan fingerprint density at radius 1 is 1.53 bits per heavy atom. The molecule has 0 unspecified atom stereocenters. The van der Waals surface area contributed by atoms with Crippen molar-refractivity contribution in [3.05, 3.63) is 29.4 Å². The highest BCUT2D eigenvalue weighted by atomic mass is 35.5. The Morgan fingerprint density at radius 2 is 2.35 bits per heavy atom. The maximum atomic E-state index is 11.2. The van der Waals surface area contributed by atoms with E-state index >= 15 is 0 Å². The Hall–Kier alpha value is -1.88. The fourth-order valence-corrected chi connectivity index (χ4v) is 1.48. The zero-order valence-corrected chi connectivity index (χ0v) is 9.86. The van der Waals surface area contributed by atoms with Crippen molar-refractivity contribution in [3.63, 3.8) is 0 Å². The first-order chi connectivity index (χ1) is 8.19. The highest BCUT2D eigenvalue weighted by Gasteiger charge is 2.06. The van der Waals surface area contributed by atoms with Crippen LogP contribution in [0.2, 0.25) is 5.02 Å². The van der Waals surface area contributed by atoms with Crippen molar-refractivity contribution >= 4 is 28.6 Å². The van der Waals surface area contributed by atoms with Gasteiger partial charge in [-0.1, -0.05) is 11.6 Å². The molecule has 0 aliphatic carbocycles. The summed E-state index contributed by atoms with van der Waals surface area (Å²) in [4.78, 5) is 19.2. The first kappa shape index (κ1) is 11.6. The van der Waals surface area contributed by atoms with Crippen molar-refractivity contribution in [1.82, 2.24) is 15.3 Å². The first-order valence-electron chi connectivity index (χ1n) is 5.07. The highest BCUT2D eigenvalue weighted by molar-refractivity contribution is 6.31. The van der Waals surface area contributed by atoms with Crippen molar-refractivity contribution in [2.75, 3.05) is 6.54 Å². The maximum absolute atomic E-state index is 11.2. The summed E-state index contributed by atoms with van der Waals surface area (Å²) in [6, 6.07) is 5.22. The van der Waals surface area contributed by atoms with Gasteiger partial charge in [-0.05, 0) is 25.1 Å². The number of halogens is 1. The summed E-state index contributed by atoms with van der Waals surface area (Å²) in [5.41, 5.74) is 0.670. The summed E-state index contributed by atoms with van der Waals surface area (Å²) in [6.45, 7) is 2.28. The molecule has 1 aromatic carbocycles. The molecule has 1 aromatic heterocycles. The van der Waals surface area contributed by atoms with E-state index in [1.807, 2.05) is 0 Å². The van der Waals surface area contributed by atoms with E-state index in [-0.39, 0.29) is 6.01 Å². The maximum Gasteiger partial charge on any atom is 0.415 e. The van der Waals surface area contributed by atoms with Crippen LogP contribution in [0.1, 0.15) is 6.92 Å². The van der Waals surface area contributed by atoms with Crippen molar-refractivity contribution in [3.8, 4) is 6.01 Å². The van der Waals surface area contributed by atoms with Crippen LogP contribution < -0.4 is 10.1 Å². The molecule has 2 aromatic rings. The molecular formula is C11H10ClN3O2. The Bertz CT molecular complexity index is 559. The van der Waals surface area contributed by atoms with Crippen molar-refractivity contribution in [2.45, 2.75) is 6.92 Å². The van der Waals surface area contributed by atoms with E-state index in [1.165, 1.54) is 0 Å². The SMILES string of the molecule is CCNC(=O)Oc1ncc2cc(Cl)ccc2n1. The summed E-state index contributed by atoms with van der Waals surface area (Å²) in [6.07, 6.45) is 0.990. The van der Waals surface area contributed by atoms with Gasteiger partial charge < -0.3 is 10.1 Å². The number of fused-ring (bicyclic) bond motifs is 1. The lowest BCUT2D eigenvalue weighted by molar-refractivity contribution is 0.197. The normalized spacial score (nSPS) is 10.2. The van der Waals surface area contributed by atoms with Gasteiger partial charge in [0.1, 0.15) is 0 Å². The standard InChI is InChI=1S/C11H10ClN3O2/c1-2-13-11(16)17-10-14-6-7-5-8(12)3-4-9(7)15-10/h3-6H,2H2,1H3,(H,13,16). The molecule has 0 aliphatic heterocycles. The quantitative estimate of drug-likeness (QED) is 0.890. The second kappa shape index (κ2) is 4.97. The van der Waals surface area contributed by atoms with Crippen LogP contribution in [0.25, 0.3) is 10.9 Å². The van der Waals surface area contributed by atoms with Crippen LogP contribution in [0.4, 0.5) is 4.79 Å². The predicted molar refractivity (Wildman–Crippen MR) is 64.2 cm³/mol. The molecule has 0 saturated carbocycles. The van der Waals surface area contributed by atoms with E-state index in [2.05, 4.69) is 15.3 Å². The molecule has 0 spiro atoms. The number of hydrogen-bond acceptors (Lipinski definition) is 4. The Labute approximate surface area is 103 Å². The number of carbonyl (C=O) groups excluding carboxylic acids is 1. The minimum atomic E-state index is -0.569. The van der Waals surface area contributed by atoms with Crippen LogP contribution in [-0.2, 0) is 0 Å². The minimum Gasteiger partial charge on any atom is -0.374 e. The Kier molecular flexibility index (Phi) is 3.39. The van der Waals surface area contributed by atoms with Crippen LogP contribution >= 0.6 is 11.6 Å². The number of hydrogen-bond donors (Lipinski definition) is 1. The van der Waals surface area contributed by atoms with Crippen molar-refractivity contribution < 1.29 is 9.53 Å². The fraction of sp³-hybridized carbons (Fsp3) is 0.182. The molecule has 6 heteroatoms. The fourth-order valence-electron chi connectivity index (χ4n) is 1.30. The zero-order valence-electron chi connectivity index (χ0n) is 9.11. The van der Waals surface area contributed by atoms with Gasteiger partial charge in [-0.15, -0.1) is 0 Å². The van der Waals surface area contributed by atoms with Crippen LogP contribution in [0.15, 0.2) is 24.4 Å². The van der Waals surface area contributed by atoms with E-state index in [4.69, 9.17) is 16.3 Å². The number of nitrogens with zero attached hydrogens (tertiary/aromatic N) is 2. The molecule has 0 atom stereocenters. The Morgan fingerprint density at radius 3 is 3.12 bits per heavy atom. The van der Waals surface area contributed by atoms with E-state index < -0.39 is 6.09 Å². The second-order valence-corrected chi connectivity index (χ2v) is 3.71. The number of nitrogens with one attached hydrogen (secondary N) is 1. The van der Waals surface area contributed by atoms with Crippen LogP contribution in [0.3, 0.4) is 0 Å². The Balaban J connectivity index is 2.26. The summed E-state index contributed by atoms with van der Waals surface area (Å²) >= 11 is 5.83. The van der Waals surface area contributed by atoms with Gasteiger partial charge in [0.15, 0.2) is 0 Å². The second-order valence-electron chi connectivity index (χ2n) is 3.28. The number of aromatic nitrogens is 2. The first-order valence-corrected chi connectivity index (χ1v) is 5.45. The molecule has 0 radical (unpaired) electrons. The lowest BCUT2D eigenvalue weighted by atomic mass is 10.2. The molecule has 0 aliphatic rings. The van der Waals surface area contributed by atoms with Gasteiger partial charge in [-0.25, -0.2) is 9.78 Å². The molecule has 0 saturated heterocycles. The molecule has 17 heavy (non-hydrogen) atoms. The van der Waals surface area contributed by atoms with Gasteiger partial charge in [0, 0.05) is 23.2 Å². The summed E-state index contributed by atoms with van der Waals surface area (Å²) in [5.74, 6) is 0. The van der Waals surface area contributed by atoms with Crippen LogP contribution in [0.5, 0.6) is 6.01 Å². The molecule has 88 valence electrons. The lowest BCUT2D eigenvalue weighted by Crippen LogP contribution is -2.26. The topological polar surface area (TPSA) is 64.1 Å². The third kappa shape index (κ3) is 2.82. The largest absolute Gasteiger partial charge is 0.415 e. The minimum absolute atomic E-state index is 0.0192. The third-order valence-corrected chi connectivity index (χ3v) is 2.26. The average molecular weight is 252 g/mol. The van der Waals surface area contributed by atoms with Crippen LogP contribution in [0, 0.1) is 0 Å². The van der Waals surface area contributed by atoms with Gasteiger partial charge in [-0.2, -0.15) is 4.98 Å². The predicted octanol–water partition coefficient (Wildman–Crippen LogP) is 2.39. The number of benzene rings is 1. The molecule has 1 N–H and O–H groups in total. The number of carbonyl (C=O) groups is 1. The van der Waals surface area contributed by atoms with E-state index in [1.54, 1.807) is 31.3 Å². The zero-order chi connectivity index (χ0) is 12.3. The van der Waals surface area contributed by atoms with Gasteiger partial charge in [0.2, 0.25) is 0 Å². The van der Waals surface area contributed by atoms with Gasteiger partial charge in [0.25, 0.3) is 0 Å². The van der Waals surface area contributed by atoms with Gasteiger partial charge in [0.05, 0.1) is 5.52 Å². The average Bonchev–Trinajstić information content (AvgIpc) is 2.29. The van der Waals surface area contributed by atoms with E-state index in [0.717, 1.165) is 5.39 Å². The van der Waals surface area contributed by atoms with Crippen molar-refractivity contribution in [2.24, 2.45) is 0 Å². The molecular weight excluding hydrogens is 242 g/mol. The van der Waals surface area contributed by atoms with E-state index in [0.29, 0.717) is 17.1 Å². The van der Waals surface area contributed by atoms with E-state index in [9.17, 15) is 4.79 Å². The number of ether oxygens (including phenoxy) is 1. The number of amides is 1. The molecule has 0 bridgehead atoms. The summed E-state index contributed by atoms with van der Waals surface area (Å²) in [5, 5.41) is 3.89. The van der Waals surface area contributed by atoms with Crippen LogP contribution in [-0.4, -0.2) is 22.6 Å². The molecule has 1 heterocycles. The summed E-state index contributed by atoms with van der Waals surface area (Å²) < 4.78 is 4.89. The third-order valence-electron chi connectivity index (χ3n) is 2.02. The molecule has 2 rings (SSSR count).